The van der Waals surface area contributed by atoms with Crippen LogP contribution in [0, 0.1) is 0 Å². The normalized spacial score (nSPS) is 12.2. The second-order valence-corrected chi connectivity index (χ2v) is 11.2. The number of fused-ring (bicyclic) bond motifs is 10. The highest BCUT2D eigenvalue weighted by Crippen LogP contribution is 2.46. The molecule has 3 aromatic heterocycles. The SMILES string of the molecule is c1ccc2c(c1)oc1cc(-c3c4ccccc4c(-c4ccc5c(c4)oc4ccc6occc6c45)c4ccccc34)ccc12. The van der Waals surface area contributed by atoms with Gasteiger partial charge in [-0.15, -0.1) is 0 Å². The van der Waals surface area contributed by atoms with Crippen molar-refractivity contribution in [1.82, 2.24) is 0 Å². The maximum Gasteiger partial charge on any atom is 0.136 e. The molecule has 0 saturated heterocycles. The smallest absolute Gasteiger partial charge is 0.136 e. The van der Waals surface area contributed by atoms with Crippen LogP contribution in [0.25, 0.3) is 98.6 Å². The van der Waals surface area contributed by atoms with Gasteiger partial charge in [0.1, 0.15) is 27.9 Å². The Labute approximate surface area is 245 Å². The third kappa shape index (κ3) is 3.14. The van der Waals surface area contributed by atoms with Gasteiger partial charge in [-0.05, 0) is 92.3 Å². The summed E-state index contributed by atoms with van der Waals surface area (Å²) >= 11 is 0. The van der Waals surface area contributed by atoms with Crippen LogP contribution in [-0.4, -0.2) is 0 Å². The maximum atomic E-state index is 6.42. The van der Waals surface area contributed by atoms with Gasteiger partial charge in [0.2, 0.25) is 0 Å². The maximum absolute atomic E-state index is 6.42. The Morgan fingerprint density at radius 1 is 0.326 bits per heavy atom. The van der Waals surface area contributed by atoms with Gasteiger partial charge in [-0.2, -0.15) is 0 Å². The Morgan fingerprint density at radius 3 is 1.49 bits per heavy atom. The molecule has 0 fully saturated rings. The van der Waals surface area contributed by atoms with E-state index >= 15 is 0 Å². The number of hydrogen-bond acceptors (Lipinski definition) is 3. The van der Waals surface area contributed by atoms with Crippen LogP contribution in [0.15, 0.2) is 147 Å². The Morgan fingerprint density at radius 2 is 0.814 bits per heavy atom. The first-order chi connectivity index (χ1) is 21.3. The zero-order valence-electron chi connectivity index (χ0n) is 22.9. The third-order valence-electron chi connectivity index (χ3n) is 8.96. The molecule has 0 unspecified atom stereocenters. The second-order valence-electron chi connectivity index (χ2n) is 11.2. The topological polar surface area (TPSA) is 39.4 Å². The minimum Gasteiger partial charge on any atom is -0.464 e. The average Bonchev–Trinajstić information content (AvgIpc) is 3.77. The molecule has 10 aromatic rings. The largest absolute Gasteiger partial charge is 0.464 e. The lowest BCUT2D eigenvalue weighted by molar-refractivity contribution is 0.615. The van der Waals surface area contributed by atoms with Crippen LogP contribution in [-0.2, 0) is 0 Å². The number of benzene rings is 7. The summed E-state index contributed by atoms with van der Waals surface area (Å²) in [5.74, 6) is 0. The Kier molecular flexibility index (Phi) is 4.45. The van der Waals surface area contributed by atoms with Crippen LogP contribution >= 0.6 is 0 Å². The Hall–Kier alpha value is -5.80. The lowest BCUT2D eigenvalue weighted by atomic mass is 9.85. The molecule has 3 heteroatoms. The summed E-state index contributed by atoms with van der Waals surface area (Å²) in [7, 11) is 0. The van der Waals surface area contributed by atoms with E-state index in [0.717, 1.165) is 66.0 Å². The van der Waals surface area contributed by atoms with E-state index in [2.05, 4.69) is 97.1 Å². The predicted molar refractivity (Wildman–Crippen MR) is 177 cm³/mol. The minimum atomic E-state index is 0.868. The summed E-state index contributed by atoms with van der Waals surface area (Å²) in [5.41, 5.74) is 9.10. The van der Waals surface area contributed by atoms with Crippen LogP contribution in [0.5, 0.6) is 0 Å². The summed E-state index contributed by atoms with van der Waals surface area (Å²) < 4.78 is 18.4. The molecular formula is C40H22O3. The van der Waals surface area contributed by atoms with Crippen LogP contribution in [0.4, 0.5) is 0 Å². The van der Waals surface area contributed by atoms with E-state index in [0.29, 0.717) is 0 Å². The van der Waals surface area contributed by atoms with Gasteiger partial charge in [0.05, 0.1) is 6.26 Å². The highest BCUT2D eigenvalue weighted by Gasteiger charge is 2.19. The lowest BCUT2D eigenvalue weighted by Crippen LogP contribution is -1.90. The predicted octanol–water partition coefficient (Wildman–Crippen LogP) is 11.9. The first-order valence-corrected chi connectivity index (χ1v) is 14.5. The van der Waals surface area contributed by atoms with E-state index in [9.17, 15) is 0 Å². The Bertz CT molecular complexity index is 2680. The average molecular weight is 551 g/mol. The second kappa shape index (κ2) is 8.37. The molecule has 0 atom stereocenters. The summed E-state index contributed by atoms with van der Waals surface area (Å²) in [6.45, 7) is 0. The van der Waals surface area contributed by atoms with Gasteiger partial charge in [0.15, 0.2) is 0 Å². The van der Waals surface area contributed by atoms with Gasteiger partial charge in [-0.1, -0.05) is 78.9 Å². The van der Waals surface area contributed by atoms with E-state index in [4.69, 9.17) is 13.3 Å². The van der Waals surface area contributed by atoms with E-state index < -0.39 is 0 Å². The summed E-state index contributed by atoms with van der Waals surface area (Å²) in [4.78, 5) is 0. The standard InChI is InChI=1S/C40H22O3/c1-3-10-29-27(8-1)38(23-13-15-26-25-7-5-6-12-34(25)42-36(26)21-23)28-9-2-4-11-30(28)39(29)24-14-16-31-37(22-24)43-35-18-17-33-32(40(31)35)19-20-41-33/h1-22H. The fraction of sp³-hybridized carbons (Fsp3) is 0. The van der Waals surface area contributed by atoms with Crippen LogP contribution in [0.3, 0.4) is 0 Å². The molecule has 0 bridgehead atoms. The van der Waals surface area contributed by atoms with Crippen molar-refractivity contribution in [2.45, 2.75) is 0 Å². The summed E-state index contributed by atoms with van der Waals surface area (Å²) in [6.07, 6.45) is 1.74. The first kappa shape index (κ1) is 22.8. The molecule has 0 amide bonds. The zero-order valence-corrected chi connectivity index (χ0v) is 22.9. The van der Waals surface area contributed by atoms with Gasteiger partial charge in [-0.3, -0.25) is 0 Å². The van der Waals surface area contributed by atoms with E-state index in [1.54, 1.807) is 6.26 Å². The van der Waals surface area contributed by atoms with Crippen molar-refractivity contribution in [1.29, 1.82) is 0 Å². The molecule has 0 aliphatic heterocycles. The van der Waals surface area contributed by atoms with E-state index in [-0.39, 0.29) is 0 Å². The molecule has 0 N–H and O–H groups in total. The van der Waals surface area contributed by atoms with Gasteiger partial charge >= 0.3 is 0 Å². The summed E-state index contributed by atoms with van der Waals surface area (Å²) in [5, 5.41) is 10.4. The molecular weight excluding hydrogens is 528 g/mol. The van der Waals surface area contributed by atoms with E-state index in [1.807, 2.05) is 30.3 Å². The fourth-order valence-corrected chi connectivity index (χ4v) is 7.11. The molecule has 200 valence electrons. The van der Waals surface area contributed by atoms with Crippen LogP contribution in [0.2, 0.25) is 0 Å². The number of hydrogen-bond donors (Lipinski definition) is 0. The van der Waals surface area contributed by atoms with Crippen LogP contribution in [0.1, 0.15) is 0 Å². The molecule has 3 heterocycles. The number of furan rings is 3. The van der Waals surface area contributed by atoms with E-state index in [1.165, 1.54) is 32.7 Å². The fourth-order valence-electron chi connectivity index (χ4n) is 7.11. The first-order valence-electron chi connectivity index (χ1n) is 14.5. The van der Waals surface area contributed by atoms with Crippen molar-refractivity contribution >= 4 is 76.4 Å². The van der Waals surface area contributed by atoms with Crippen molar-refractivity contribution in [3.05, 3.63) is 134 Å². The molecule has 0 spiro atoms. The third-order valence-corrected chi connectivity index (χ3v) is 8.96. The van der Waals surface area contributed by atoms with Crippen LogP contribution < -0.4 is 0 Å². The zero-order chi connectivity index (χ0) is 28.1. The molecule has 43 heavy (non-hydrogen) atoms. The van der Waals surface area contributed by atoms with Crippen molar-refractivity contribution in [3.8, 4) is 22.3 Å². The van der Waals surface area contributed by atoms with Gasteiger partial charge in [-0.25, -0.2) is 0 Å². The summed E-state index contributed by atoms with van der Waals surface area (Å²) in [6, 6.07) is 44.9. The molecule has 3 nitrogen and oxygen atoms in total. The Balaban J connectivity index is 1.26. The minimum absolute atomic E-state index is 0.868. The molecule has 0 aliphatic carbocycles. The highest BCUT2D eigenvalue weighted by molar-refractivity contribution is 6.23. The molecule has 0 radical (unpaired) electrons. The van der Waals surface area contributed by atoms with Gasteiger partial charge in [0, 0.05) is 26.9 Å². The molecule has 10 rings (SSSR count). The van der Waals surface area contributed by atoms with Crippen molar-refractivity contribution < 1.29 is 13.3 Å². The number of para-hydroxylation sites is 1. The monoisotopic (exact) mass is 550 g/mol. The van der Waals surface area contributed by atoms with Crippen molar-refractivity contribution in [2.75, 3.05) is 0 Å². The molecule has 0 aliphatic rings. The van der Waals surface area contributed by atoms with Crippen molar-refractivity contribution in [2.24, 2.45) is 0 Å². The molecule has 0 saturated carbocycles. The quantitative estimate of drug-likeness (QED) is 0.201. The van der Waals surface area contributed by atoms with Gasteiger partial charge < -0.3 is 13.3 Å². The molecule has 7 aromatic carbocycles. The lowest BCUT2D eigenvalue weighted by Gasteiger charge is -2.17. The van der Waals surface area contributed by atoms with Crippen molar-refractivity contribution in [3.63, 3.8) is 0 Å². The highest BCUT2D eigenvalue weighted by atomic mass is 16.3. The van der Waals surface area contributed by atoms with Gasteiger partial charge in [0.25, 0.3) is 0 Å². The number of rotatable bonds is 2.